The van der Waals surface area contributed by atoms with Crippen LogP contribution in [0.2, 0.25) is 0 Å². The fourth-order valence-corrected chi connectivity index (χ4v) is 10.3. The van der Waals surface area contributed by atoms with Crippen molar-refractivity contribution in [3.05, 3.63) is 131 Å². The van der Waals surface area contributed by atoms with Crippen LogP contribution in [-0.2, 0) is 32.4 Å². The van der Waals surface area contributed by atoms with Gasteiger partial charge in [0.25, 0.3) is 0 Å². The molecule has 14 heteroatoms. The molecule has 4 N–H and O–H groups in total. The van der Waals surface area contributed by atoms with Crippen molar-refractivity contribution in [3.63, 3.8) is 0 Å². The molecule has 6 aromatic rings. The van der Waals surface area contributed by atoms with Crippen molar-refractivity contribution in [1.29, 1.82) is 0 Å². The van der Waals surface area contributed by atoms with E-state index in [9.17, 15) is 19.2 Å². The van der Waals surface area contributed by atoms with Crippen LogP contribution in [0.15, 0.2) is 97.3 Å². The number of carbonyl (C=O) groups excluding carboxylic acids is 4. The zero-order chi connectivity index (χ0) is 47.1. The van der Waals surface area contributed by atoms with Gasteiger partial charge in [0.2, 0.25) is 23.6 Å². The summed E-state index contributed by atoms with van der Waals surface area (Å²) in [5.74, 6) is 2.67. The van der Waals surface area contributed by atoms with Crippen molar-refractivity contribution in [3.8, 4) is 45.1 Å². The number of aromatic nitrogens is 4. The quantitative estimate of drug-likeness (QED) is 0.0838. The topological polar surface area (TPSA) is 175 Å². The molecule has 4 atom stereocenters. The van der Waals surface area contributed by atoms with Gasteiger partial charge in [0.1, 0.15) is 48.4 Å². The van der Waals surface area contributed by atoms with Crippen molar-refractivity contribution in [1.82, 2.24) is 40.4 Å². The average Bonchev–Trinajstić information content (AvgIpc) is 4.19. The lowest BCUT2D eigenvalue weighted by molar-refractivity contribution is -0.138. The number of likely N-dealkylation sites (tertiary alicyclic amines) is 2. The van der Waals surface area contributed by atoms with Gasteiger partial charge in [0, 0.05) is 59.3 Å². The molecule has 0 unspecified atom stereocenters. The van der Waals surface area contributed by atoms with Crippen molar-refractivity contribution in [2.24, 2.45) is 11.8 Å². The largest absolute Gasteiger partial charge is 0.488 e. The first-order valence-corrected chi connectivity index (χ1v) is 24.0. The number of ether oxygens (including phenoxy) is 2. The Bertz CT molecular complexity index is 2610. The zero-order valence-electron chi connectivity index (χ0n) is 39.0. The molecule has 0 radical (unpaired) electrons. The summed E-state index contributed by atoms with van der Waals surface area (Å²) in [5, 5.41) is 6.06. The van der Waals surface area contributed by atoms with Gasteiger partial charge in [0.15, 0.2) is 0 Å². The number of H-pyrrole nitrogens is 2. The number of carbonyl (C=O) groups is 4. The van der Waals surface area contributed by atoms with E-state index in [-0.39, 0.29) is 47.5 Å². The lowest BCUT2D eigenvalue weighted by atomic mass is 9.87. The Balaban J connectivity index is 0.867. The number of nitrogens with zero attached hydrogens (tertiary/aromatic N) is 4. The number of hydrogen-bond donors (Lipinski definition) is 4. The maximum absolute atomic E-state index is 14.3. The lowest BCUT2D eigenvalue weighted by Gasteiger charge is -2.30. The molecule has 2 aromatic heterocycles. The van der Waals surface area contributed by atoms with Crippen LogP contribution in [0.4, 0.5) is 0 Å². The third-order valence-electron chi connectivity index (χ3n) is 13.5. The van der Waals surface area contributed by atoms with Gasteiger partial charge in [-0.25, -0.2) is 9.97 Å². The molecule has 14 nitrogen and oxygen atoms in total. The minimum absolute atomic E-state index is 0.145. The van der Waals surface area contributed by atoms with Gasteiger partial charge in [-0.2, -0.15) is 0 Å². The normalized spacial score (nSPS) is 17.9. The molecule has 4 aliphatic rings. The molecule has 4 aliphatic heterocycles. The van der Waals surface area contributed by atoms with Crippen LogP contribution in [0, 0.1) is 11.8 Å². The average molecular weight is 915 g/mol. The molecule has 2 saturated heterocycles. The Kier molecular flexibility index (Phi) is 12.3. The molecular weight excluding hydrogens is 857 g/mol. The molecule has 0 bridgehead atoms. The van der Waals surface area contributed by atoms with E-state index in [1.165, 1.54) is 0 Å². The SMILES string of the molecule is CC(C)CC(=O)N[C@@H](C(=O)N1CCC[C@H]1c1ncc(-c2cc3c4c(c2)OCc2cc(-c5cnc([C@@H]6CCCN6C(=O)[C@H](NC(=O)CC(C)C)c6ccccc6)[nH]5)cc(c2-4)OC3)[nH]1)c1ccccc1. The molecule has 0 aliphatic carbocycles. The fraction of sp³-hybridized carbons (Fsp3) is 0.370. The lowest BCUT2D eigenvalue weighted by Crippen LogP contribution is -2.43. The summed E-state index contributed by atoms with van der Waals surface area (Å²) in [5.41, 5.74) is 8.95. The molecule has 2 fully saturated rings. The third kappa shape index (κ3) is 8.87. The van der Waals surface area contributed by atoms with Gasteiger partial charge in [-0.3, -0.25) is 19.2 Å². The van der Waals surface area contributed by atoms with Gasteiger partial charge < -0.3 is 39.9 Å². The number of nitrogens with one attached hydrogen (secondary N) is 4. The van der Waals surface area contributed by atoms with Crippen molar-refractivity contribution in [2.45, 2.75) is 104 Å². The van der Waals surface area contributed by atoms with Gasteiger partial charge >= 0.3 is 0 Å². The van der Waals surface area contributed by atoms with E-state index in [0.717, 1.165) is 93.1 Å². The number of imidazole rings is 2. The van der Waals surface area contributed by atoms with Crippen LogP contribution >= 0.6 is 0 Å². The molecule has 0 spiro atoms. The number of rotatable bonds is 14. The molecule has 350 valence electrons. The monoisotopic (exact) mass is 914 g/mol. The van der Waals surface area contributed by atoms with E-state index in [1.54, 1.807) is 0 Å². The minimum Gasteiger partial charge on any atom is -0.488 e. The van der Waals surface area contributed by atoms with E-state index >= 15 is 0 Å². The van der Waals surface area contributed by atoms with E-state index in [1.807, 2.05) is 123 Å². The Labute approximate surface area is 396 Å². The highest BCUT2D eigenvalue weighted by Crippen LogP contribution is 2.51. The van der Waals surface area contributed by atoms with Crippen molar-refractivity contribution >= 4 is 23.6 Å². The molecule has 68 heavy (non-hydrogen) atoms. The fourth-order valence-electron chi connectivity index (χ4n) is 10.3. The number of hydrogen-bond acceptors (Lipinski definition) is 8. The third-order valence-corrected chi connectivity index (χ3v) is 13.5. The maximum Gasteiger partial charge on any atom is 0.250 e. The Morgan fingerprint density at radius 3 is 1.43 bits per heavy atom. The van der Waals surface area contributed by atoms with E-state index in [0.29, 0.717) is 50.8 Å². The minimum atomic E-state index is -0.792. The zero-order valence-corrected chi connectivity index (χ0v) is 39.0. The summed E-state index contributed by atoms with van der Waals surface area (Å²) in [6, 6.07) is 25.1. The summed E-state index contributed by atoms with van der Waals surface area (Å²) in [6.07, 6.45) is 7.45. The van der Waals surface area contributed by atoms with Gasteiger partial charge in [-0.1, -0.05) is 88.4 Å². The maximum atomic E-state index is 14.3. The van der Waals surface area contributed by atoms with Gasteiger partial charge in [-0.05, 0) is 72.9 Å². The first kappa shape index (κ1) is 44.6. The molecule has 0 saturated carbocycles. The molecule has 4 amide bonds. The van der Waals surface area contributed by atoms with Gasteiger partial charge in [0.05, 0.1) is 35.9 Å². The summed E-state index contributed by atoms with van der Waals surface area (Å²) >= 11 is 0. The molecular formula is C54H58N8O6. The summed E-state index contributed by atoms with van der Waals surface area (Å²) in [6.45, 7) is 9.78. The summed E-state index contributed by atoms with van der Waals surface area (Å²) in [4.78, 5) is 75.0. The Hall–Kier alpha value is -7.22. The molecule has 4 aromatic carbocycles. The molecule has 6 heterocycles. The highest BCUT2D eigenvalue weighted by Gasteiger charge is 2.39. The van der Waals surface area contributed by atoms with Crippen LogP contribution in [-0.4, -0.2) is 66.5 Å². The van der Waals surface area contributed by atoms with E-state index in [2.05, 4.69) is 32.7 Å². The van der Waals surface area contributed by atoms with Crippen LogP contribution in [0.5, 0.6) is 11.5 Å². The van der Waals surface area contributed by atoms with E-state index < -0.39 is 12.1 Å². The first-order chi connectivity index (χ1) is 33.0. The Morgan fingerprint density at radius 1 is 0.618 bits per heavy atom. The van der Waals surface area contributed by atoms with E-state index in [4.69, 9.17) is 19.4 Å². The second-order valence-electron chi connectivity index (χ2n) is 19.4. The van der Waals surface area contributed by atoms with Crippen molar-refractivity contribution < 1.29 is 28.7 Å². The highest BCUT2D eigenvalue weighted by molar-refractivity contribution is 5.91. The predicted molar refractivity (Wildman–Crippen MR) is 257 cm³/mol. The number of amides is 4. The second-order valence-corrected chi connectivity index (χ2v) is 19.4. The second kappa shape index (κ2) is 18.8. The van der Waals surface area contributed by atoms with Gasteiger partial charge in [-0.15, -0.1) is 0 Å². The molecule has 10 rings (SSSR count). The first-order valence-electron chi connectivity index (χ1n) is 24.0. The predicted octanol–water partition coefficient (Wildman–Crippen LogP) is 9.05. The highest BCUT2D eigenvalue weighted by atomic mass is 16.5. The smallest absolute Gasteiger partial charge is 0.250 e. The van der Waals surface area contributed by atoms with Crippen LogP contribution in [0.25, 0.3) is 33.6 Å². The number of benzene rings is 4. The Morgan fingerprint density at radius 2 is 1.03 bits per heavy atom. The van der Waals surface area contributed by atoms with Crippen LogP contribution < -0.4 is 20.1 Å². The standard InChI is InChI=1S/C54H58N8O6/c1-31(2)21-45(63)59-49(33-13-7-5-8-14-33)53(65)61-19-11-17-41(61)51-55-27-39(57-51)35-23-37-29-68-44-26-36(24-38-30-67-43(25-35)47(37)48(38)44)40-28-56-52(58-40)42-18-12-20-62(42)54(66)50(34-15-9-6-10-16-34)60-46(64)22-32(3)4/h5-10,13-16,23-28,31-32,41-42,49-50H,11-12,17-22,29-30H2,1-4H3,(H,55,57)(H,56,58)(H,59,63)(H,60,64)/t41-,42-,49+,50+/m0/s1. The summed E-state index contributed by atoms with van der Waals surface area (Å²) < 4.78 is 13.0. The van der Waals surface area contributed by atoms with Crippen molar-refractivity contribution in [2.75, 3.05) is 13.1 Å². The number of aromatic amines is 2. The van der Waals surface area contributed by atoms with Crippen LogP contribution in [0.3, 0.4) is 0 Å². The summed E-state index contributed by atoms with van der Waals surface area (Å²) in [7, 11) is 0. The van der Waals surface area contributed by atoms with Crippen LogP contribution in [0.1, 0.15) is 124 Å².